The summed E-state index contributed by atoms with van der Waals surface area (Å²) in [5.74, 6) is 1.19. The summed E-state index contributed by atoms with van der Waals surface area (Å²) < 4.78 is 5.22. The molecule has 0 radical (unpaired) electrons. The van der Waals surface area contributed by atoms with E-state index in [0.717, 1.165) is 38.1 Å². The maximum atomic E-state index is 12.7. The van der Waals surface area contributed by atoms with E-state index >= 15 is 0 Å². The summed E-state index contributed by atoms with van der Waals surface area (Å²) >= 11 is 0. The van der Waals surface area contributed by atoms with Crippen LogP contribution in [-0.4, -0.2) is 29.8 Å². The molecular weight excluding hydrogens is 340 g/mol. The highest BCUT2D eigenvalue weighted by atomic mass is 16.3. The SMILES string of the molecule is O=C(NCc1ccco1)C1CC1C(=O)N1CCC(Cc2ccccc2)CC1. The Hall–Kier alpha value is -2.56. The Bertz CT molecular complexity index is 764. The molecule has 1 saturated heterocycles. The molecule has 1 saturated carbocycles. The molecule has 4 rings (SSSR count). The second-order valence-electron chi connectivity index (χ2n) is 7.70. The molecule has 2 heterocycles. The van der Waals surface area contributed by atoms with E-state index in [2.05, 4.69) is 29.6 Å². The Balaban J connectivity index is 1.20. The molecular formula is C22H26N2O3. The first-order valence-electron chi connectivity index (χ1n) is 9.83. The van der Waals surface area contributed by atoms with Crippen LogP contribution in [-0.2, 0) is 22.6 Å². The third-order valence-corrected chi connectivity index (χ3v) is 5.75. The zero-order valence-corrected chi connectivity index (χ0v) is 15.5. The first kappa shape index (κ1) is 17.8. The average Bonchev–Trinajstić information content (AvgIpc) is 3.34. The van der Waals surface area contributed by atoms with E-state index in [-0.39, 0.29) is 23.7 Å². The Morgan fingerprint density at radius 3 is 2.52 bits per heavy atom. The van der Waals surface area contributed by atoms with Gasteiger partial charge in [-0.25, -0.2) is 0 Å². The van der Waals surface area contributed by atoms with Crippen molar-refractivity contribution in [3.63, 3.8) is 0 Å². The summed E-state index contributed by atoms with van der Waals surface area (Å²) in [5, 5.41) is 2.87. The number of carbonyl (C=O) groups excluding carboxylic acids is 2. The van der Waals surface area contributed by atoms with Crippen molar-refractivity contribution < 1.29 is 14.0 Å². The van der Waals surface area contributed by atoms with Gasteiger partial charge in [-0.1, -0.05) is 30.3 Å². The van der Waals surface area contributed by atoms with Gasteiger partial charge in [-0.15, -0.1) is 0 Å². The summed E-state index contributed by atoms with van der Waals surface area (Å²) in [6, 6.07) is 14.2. The zero-order chi connectivity index (χ0) is 18.6. The van der Waals surface area contributed by atoms with Gasteiger partial charge in [-0.2, -0.15) is 0 Å². The van der Waals surface area contributed by atoms with Crippen LogP contribution >= 0.6 is 0 Å². The van der Waals surface area contributed by atoms with Crippen molar-refractivity contribution in [1.29, 1.82) is 0 Å². The summed E-state index contributed by atoms with van der Waals surface area (Å²) in [6.07, 6.45) is 5.44. The maximum Gasteiger partial charge on any atom is 0.226 e. The standard InChI is InChI=1S/C22H26N2O3/c25-21(23-15-18-7-4-12-27-18)19-14-20(19)22(26)24-10-8-17(9-11-24)13-16-5-2-1-3-6-16/h1-7,12,17,19-20H,8-11,13-15H2,(H,23,25). The zero-order valence-electron chi connectivity index (χ0n) is 15.5. The minimum atomic E-state index is -0.172. The number of carbonyl (C=O) groups is 2. The Labute approximate surface area is 159 Å². The quantitative estimate of drug-likeness (QED) is 0.855. The van der Waals surface area contributed by atoms with Crippen molar-refractivity contribution >= 4 is 11.8 Å². The van der Waals surface area contributed by atoms with Gasteiger partial charge in [0, 0.05) is 13.1 Å². The lowest BCUT2D eigenvalue weighted by molar-refractivity contribution is -0.136. The van der Waals surface area contributed by atoms with Crippen molar-refractivity contribution in [2.45, 2.75) is 32.2 Å². The van der Waals surface area contributed by atoms with E-state index in [1.807, 2.05) is 17.0 Å². The molecule has 27 heavy (non-hydrogen) atoms. The number of furan rings is 1. The van der Waals surface area contributed by atoms with Gasteiger partial charge in [-0.05, 0) is 49.3 Å². The van der Waals surface area contributed by atoms with Crippen LogP contribution in [0.3, 0.4) is 0 Å². The van der Waals surface area contributed by atoms with E-state index < -0.39 is 0 Å². The Morgan fingerprint density at radius 1 is 1.04 bits per heavy atom. The number of nitrogens with zero attached hydrogens (tertiary/aromatic N) is 1. The third kappa shape index (κ3) is 4.41. The van der Waals surface area contributed by atoms with E-state index in [0.29, 0.717) is 18.9 Å². The highest BCUT2D eigenvalue weighted by Crippen LogP contribution is 2.41. The van der Waals surface area contributed by atoms with Gasteiger partial charge in [0.2, 0.25) is 11.8 Å². The predicted molar refractivity (Wildman–Crippen MR) is 102 cm³/mol. The highest BCUT2D eigenvalue weighted by molar-refractivity contribution is 5.92. The van der Waals surface area contributed by atoms with Gasteiger partial charge in [0.25, 0.3) is 0 Å². The Morgan fingerprint density at radius 2 is 1.81 bits per heavy atom. The number of rotatable bonds is 6. The topological polar surface area (TPSA) is 62.6 Å². The fraction of sp³-hybridized carbons (Fsp3) is 0.455. The largest absolute Gasteiger partial charge is 0.467 e. The van der Waals surface area contributed by atoms with E-state index in [4.69, 9.17) is 4.42 Å². The second kappa shape index (κ2) is 7.99. The molecule has 1 aromatic heterocycles. The molecule has 2 atom stereocenters. The molecule has 1 N–H and O–H groups in total. The number of piperidine rings is 1. The van der Waals surface area contributed by atoms with Crippen molar-refractivity contribution in [2.24, 2.45) is 17.8 Å². The van der Waals surface area contributed by atoms with E-state index in [1.165, 1.54) is 5.56 Å². The molecule has 142 valence electrons. The van der Waals surface area contributed by atoms with Gasteiger partial charge >= 0.3 is 0 Å². The minimum Gasteiger partial charge on any atom is -0.467 e. The van der Waals surface area contributed by atoms with Gasteiger partial charge in [0.1, 0.15) is 5.76 Å². The lowest BCUT2D eigenvalue weighted by atomic mass is 9.90. The van der Waals surface area contributed by atoms with Crippen molar-refractivity contribution in [2.75, 3.05) is 13.1 Å². The van der Waals surface area contributed by atoms with E-state index in [1.54, 1.807) is 12.3 Å². The summed E-state index contributed by atoms with van der Waals surface area (Å²) in [4.78, 5) is 26.9. The maximum absolute atomic E-state index is 12.7. The van der Waals surface area contributed by atoms with Crippen LogP contribution in [0.2, 0.25) is 0 Å². The van der Waals surface area contributed by atoms with Crippen LogP contribution in [0.1, 0.15) is 30.6 Å². The normalized spacial score (nSPS) is 22.4. The van der Waals surface area contributed by atoms with Gasteiger partial charge < -0.3 is 14.6 Å². The first-order valence-corrected chi connectivity index (χ1v) is 9.83. The smallest absolute Gasteiger partial charge is 0.226 e. The van der Waals surface area contributed by atoms with Crippen LogP contribution in [0.25, 0.3) is 0 Å². The molecule has 1 aliphatic heterocycles. The van der Waals surface area contributed by atoms with Gasteiger partial charge in [0.05, 0.1) is 24.6 Å². The monoisotopic (exact) mass is 366 g/mol. The molecule has 2 aliphatic rings. The molecule has 1 aromatic carbocycles. The molecule has 2 aromatic rings. The van der Waals surface area contributed by atoms with Gasteiger partial charge in [-0.3, -0.25) is 9.59 Å². The number of likely N-dealkylation sites (tertiary alicyclic amines) is 1. The fourth-order valence-corrected chi connectivity index (χ4v) is 4.02. The molecule has 0 spiro atoms. The molecule has 2 amide bonds. The predicted octanol–water partition coefficient (Wildman–Crippen LogP) is 3.01. The summed E-state index contributed by atoms with van der Waals surface area (Å²) in [7, 11) is 0. The van der Waals surface area contributed by atoms with Crippen LogP contribution in [0, 0.1) is 17.8 Å². The first-order chi connectivity index (χ1) is 13.2. The average molecular weight is 366 g/mol. The lowest BCUT2D eigenvalue weighted by Gasteiger charge is -2.32. The molecule has 0 bridgehead atoms. The van der Waals surface area contributed by atoms with Crippen molar-refractivity contribution in [1.82, 2.24) is 10.2 Å². The van der Waals surface area contributed by atoms with Crippen molar-refractivity contribution in [3.8, 4) is 0 Å². The van der Waals surface area contributed by atoms with Crippen LogP contribution in [0.15, 0.2) is 53.1 Å². The third-order valence-electron chi connectivity index (χ3n) is 5.75. The van der Waals surface area contributed by atoms with Crippen LogP contribution in [0.4, 0.5) is 0 Å². The Kier molecular flexibility index (Phi) is 5.28. The summed E-state index contributed by atoms with van der Waals surface area (Å²) in [5.41, 5.74) is 1.37. The number of nitrogens with one attached hydrogen (secondary N) is 1. The molecule has 5 heteroatoms. The number of amides is 2. The minimum absolute atomic E-state index is 0.0382. The van der Waals surface area contributed by atoms with Crippen molar-refractivity contribution in [3.05, 3.63) is 60.1 Å². The number of hydrogen-bond acceptors (Lipinski definition) is 3. The van der Waals surface area contributed by atoms with E-state index in [9.17, 15) is 9.59 Å². The molecule has 2 unspecified atom stereocenters. The van der Waals surface area contributed by atoms with Crippen LogP contribution in [0.5, 0.6) is 0 Å². The second-order valence-corrected chi connectivity index (χ2v) is 7.70. The lowest BCUT2D eigenvalue weighted by Crippen LogP contribution is -2.40. The number of hydrogen-bond donors (Lipinski definition) is 1. The van der Waals surface area contributed by atoms with Crippen LogP contribution < -0.4 is 5.32 Å². The number of benzene rings is 1. The molecule has 5 nitrogen and oxygen atoms in total. The summed E-state index contributed by atoms with van der Waals surface area (Å²) in [6.45, 7) is 2.01. The van der Waals surface area contributed by atoms with Gasteiger partial charge in [0.15, 0.2) is 0 Å². The highest BCUT2D eigenvalue weighted by Gasteiger charge is 2.49. The molecule has 2 fully saturated rings. The molecule has 1 aliphatic carbocycles. The fourth-order valence-electron chi connectivity index (χ4n) is 4.02.